The number of carboxylic acid groups (broad SMARTS) is 1. The highest BCUT2D eigenvalue weighted by molar-refractivity contribution is 7.99. The highest BCUT2D eigenvalue weighted by Gasteiger charge is 2.18. The number of amides is 1. The fourth-order valence-electron chi connectivity index (χ4n) is 0.485. The molecule has 0 rings (SSSR count). The zero-order valence-corrected chi connectivity index (χ0v) is 7.61. The summed E-state index contributed by atoms with van der Waals surface area (Å²) in [5.41, 5.74) is 0. The van der Waals surface area contributed by atoms with Crippen molar-refractivity contribution in [1.29, 1.82) is 0 Å². The molecule has 0 bridgehead atoms. The van der Waals surface area contributed by atoms with Gasteiger partial charge < -0.3 is 9.83 Å². The van der Waals surface area contributed by atoms with Gasteiger partial charge in [-0.2, -0.15) is 0 Å². The first-order valence-electron chi connectivity index (χ1n) is 2.80. The predicted octanol–water partition coefficient (Wildman–Crippen LogP) is 0.154. The van der Waals surface area contributed by atoms with E-state index in [2.05, 4.69) is 17.5 Å². The van der Waals surface area contributed by atoms with E-state index in [9.17, 15) is 9.59 Å². The van der Waals surface area contributed by atoms with E-state index in [4.69, 9.17) is 5.11 Å². The van der Waals surface area contributed by atoms with Crippen molar-refractivity contribution in [2.75, 3.05) is 6.26 Å². The summed E-state index contributed by atoms with van der Waals surface area (Å²) in [6.07, 6.45) is 1.60. The van der Waals surface area contributed by atoms with Gasteiger partial charge in [0.2, 0.25) is 5.91 Å². The fraction of sp³-hybridized carbons (Fsp3) is 0.600. The van der Waals surface area contributed by atoms with Crippen LogP contribution in [0.2, 0.25) is 0 Å². The maximum Gasteiger partial charge on any atom is 0.317 e. The van der Waals surface area contributed by atoms with E-state index < -0.39 is 11.2 Å². The van der Waals surface area contributed by atoms with Crippen LogP contribution in [0.25, 0.3) is 0 Å². The van der Waals surface area contributed by atoms with Crippen LogP contribution >= 0.6 is 24.6 Å². The minimum atomic E-state index is -0.977. The first kappa shape index (κ1) is 10.6. The van der Waals surface area contributed by atoms with Gasteiger partial charge in [0, 0.05) is 6.42 Å². The van der Waals surface area contributed by atoms with Crippen LogP contribution in [0.4, 0.5) is 0 Å². The van der Waals surface area contributed by atoms with Crippen LogP contribution in [0.5, 0.6) is 0 Å². The number of hydrogen-bond acceptors (Lipinski definition) is 4. The van der Waals surface area contributed by atoms with E-state index in [0.717, 1.165) is 11.8 Å². The molecule has 0 saturated carbocycles. The van der Waals surface area contributed by atoms with Crippen LogP contribution in [0, 0.1) is 0 Å². The summed E-state index contributed by atoms with van der Waals surface area (Å²) in [4.78, 5) is 21.0. The number of rotatable bonds is 4. The Labute approximate surface area is 74.3 Å². The number of thiol groups is 1. The number of carbonyl (C=O) groups is 2. The van der Waals surface area contributed by atoms with Crippen LogP contribution < -0.4 is 4.72 Å². The Morgan fingerprint density at radius 1 is 1.73 bits per heavy atom. The smallest absolute Gasteiger partial charge is 0.317 e. The van der Waals surface area contributed by atoms with Crippen molar-refractivity contribution in [2.24, 2.45) is 0 Å². The summed E-state index contributed by atoms with van der Waals surface area (Å²) in [5.74, 6) is -1.36. The monoisotopic (exact) mass is 195 g/mol. The lowest BCUT2D eigenvalue weighted by atomic mass is 10.3. The van der Waals surface area contributed by atoms with Gasteiger partial charge in [-0.1, -0.05) is 12.8 Å². The Bertz CT molecular complexity index is 162. The molecule has 0 fully saturated rings. The van der Waals surface area contributed by atoms with E-state index in [1.54, 1.807) is 6.26 Å². The number of carbonyl (C=O) groups excluding carboxylic acids is 1. The first-order valence-corrected chi connectivity index (χ1v) is 4.54. The average Bonchev–Trinajstić information content (AvgIpc) is 1.99. The van der Waals surface area contributed by atoms with Crippen LogP contribution in [0.1, 0.15) is 6.42 Å². The zero-order valence-electron chi connectivity index (χ0n) is 5.90. The summed E-state index contributed by atoms with van der Waals surface area (Å²) in [5, 5.41) is 7.81. The third-order valence-electron chi connectivity index (χ3n) is 1.06. The maximum atomic E-state index is 10.6. The van der Waals surface area contributed by atoms with Crippen molar-refractivity contribution in [3.8, 4) is 0 Å². The molecule has 6 heteroatoms. The molecule has 0 aliphatic carbocycles. The summed E-state index contributed by atoms with van der Waals surface area (Å²) >= 11 is 4.62. The molecule has 0 radical (unpaired) electrons. The molecule has 0 aromatic rings. The Balaban J connectivity index is 3.88. The molecule has 0 aliphatic rings. The lowest BCUT2D eigenvalue weighted by molar-refractivity contribution is -0.137. The van der Waals surface area contributed by atoms with Gasteiger partial charge >= 0.3 is 5.97 Å². The second kappa shape index (κ2) is 5.31. The minimum absolute atomic E-state index is 0.0417. The number of hydrogen-bond donors (Lipinski definition) is 3. The summed E-state index contributed by atoms with van der Waals surface area (Å²) < 4.78 is 2.06. The number of carboxylic acids is 1. The second-order valence-electron chi connectivity index (χ2n) is 1.80. The van der Waals surface area contributed by atoms with Gasteiger partial charge in [0.05, 0.1) is 0 Å². The Morgan fingerprint density at radius 2 is 2.27 bits per heavy atom. The van der Waals surface area contributed by atoms with Gasteiger partial charge in [0.15, 0.2) is 0 Å². The van der Waals surface area contributed by atoms with Crippen LogP contribution in [-0.2, 0) is 9.59 Å². The molecule has 0 saturated heterocycles. The van der Waals surface area contributed by atoms with E-state index in [1.807, 2.05) is 0 Å². The molecule has 2 N–H and O–H groups in total. The van der Waals surface area contributed by atoms with Crippen molar-refractivity contribution in [3.63, 3.8) is 0 Å². The second-order valence-corrected chi connectivity index (χ2v) is 3.07. The molecule has 1 unspecified atom stereocenters. The van der Waals surface area contributed by atoms with E-state index in [0.29, 0.717) is 0 Å². The van der Waals surface area contributed by atoms with Crippen molar-refractivity contribution >= 4 is 36.5 Å². The molecule has 0 spiro atoms. The van der Waals surface area contributed by atoms with E-state index >= 15 is 0 Å². The normalized spacial score (nSPS) is 12.2. The van der Waals surface area contributed by atoms with Crippen LogP contribution in [0.15, 0.2) is 0 Å². The van der Waals surface area contributed by atoms with Gasteiger partial charge in [0.25, 0.3) is 0 Å². The fourth-order valence-corrected chi connectivity index (χ4v) is 1.10. The van der Waals surface area contributed by atoms with Gasteiger partial charge in [-0.3, -0.25) is 9.59 Å². The first-order chi connectivity index (χ1) is 5.11. The molecule has 1 atom stereocenters. The zero-order chi connectivity index (χ0) is 8.85. The molecule has 11 heavy (non-hydrogen) atoms. The van der Waals surface area contributed by atoms with Crippen molar-refractivity contribution in [3.05, 3.63) is 0 Å². The van der Waals surface area contributed by atoms with E-state index in [-0.39, 0.29) is 12.3 Å². The maximum absolute atomic E-state index is 10.6. The topological polar surface area (TPSA) is 66.4 Å². The molecule has 64 valence electrons. The third kappa shape index (κ3) is 4.15. The Hall–Kier alpha value is -0.360. The van der Waals surface area contributed by atoms with Crippen molar-refractivity contribution < 1.29 is 14.7 Å². The molecule has 1 amide bonds. The Kier molecular flexibility index (Phi) is 5.14. The van der Waals surface area contributed by atoms with Gasteiger partial charge in [-0.05, 0) is 6.26 Å². The lowest BCUT2D eigenvalue weighted by Crippen LogP contribution is -2.24. The van der Waals surface area contributed by atoms with Gasteiger partial charge in [-0.15, -0.1) is 11.8 Å². The van der Waals surface area contributed by atoms with Crippen molar-refractivity contribution in [1.82, 2.24) is 4.72 Å². The molecular formula is C5H9NO3S2. The van der Waals surface area contributed by atoms with Gasteiger partial charge in [-0.25, -0.2) is 0 Å². The number of aliphatic carboxylic acids is 1. The number of thioether (sulfide) groups is 1. The predicted molar refractivity (Wildman–Crippen MR) is 46.7 cm³/mol. The SMILES string of the molecule is CSC(CC(=O)NS)C(=O)O. The van der Waals surface area contributed by atoms with Crippen LogP contribution in [-0.4, -0.2) is 28.5 Å². The molecule has 0 aromatic heterocycles. The van der Waals surface area contributed by atoms with Gasteiger partial charge in [0.1, 0.15) is 5.25 Å². The van der Waals surface area contributed by atoms with Crippen molar-refractivity contribution in [2.45, 2.75) is 11.7 Å². The minimum Gasteiger partial charge on any atom is -0.480 e. The van der Waals surface area contributed by atoms with Crippen LogP contribution in [0.3, 0.4) is 0 Å². The summed E-state index contributed by atoms with van der Waals surface area (Å²) in [6.45, 7) is 0. The molecule has 4 nitrogen and oxygen atoms in total. The Morgan fingerprint density at radius 3 is 2.55 bits per heavy atom. The molecule has 0 heterocycles. The molecule has 0 aliphatic heterocycles. The summed E-state index contributed by atoms with van der Waals surface area (Å²) in [7, 11) is 0. The summed E-state index contributed by atoms with van der Waals surface area (Å²) in [6, 6.07) is 0. The molecular weight excluding hydrogens is 186 g/mol. The lowest BCUT2D eigenvalue weighted by Gasteiger charge is -2.06. The average molecular weight is 195 g/mol. The molecule has 0 aromatic carbocycles. The highest BCUT2D eigenvalue weighted by atomic mass is 32.2. The largest absolute Gasteiger partial charge is 0.480 e. The highest BCUT2D eigenvalue weighted by Crippen LogP contribution is 2.10. The standard InChI is InChI=1S/C5H9NO3S2/c1-11-3(5(8)9)2-4(7)6-10/h3,10H,2H2,1H3,(H,6,7)(H,8,9). The quantitative estimate of drug-likeness (QED) is 0.559. The van der Waals surface area contributed by atoms with E-state index in [1.165, 1.54) is 0 Å². The number of nitrogens with one attached hydrogen (secondary N) is 1. The third-order valence-corrected chi connectivity index (χ3v) is 2.24.